The summed E-state index contributed by atoms with van der Waals surface area (Å²) in [5.41, 5.74) is 0. The second-order valence-electron chi connectivity index (χ2n) is 18.5. The molecule has 0 radical (unpaired) electrons. The molecule has 0 heterocycles. The largest absolute Gasteiger partial charge is 0.462 e. The normalized spacial score (nSPS) is 12.2. The maximum Gasteiger partial charge on any atom is 0.306 e. The maximum atomic E-state index is 12.7. The van der Waals surface area contributed by atoms with Crippen molar-refractivity contribution in [1.82, 2.24) is 0 Å². The molecule has 0 amide bonds. The molecule has 0 aliphatic carbocycles. The van der Waals surface area contributed by atoms with Gasteiger partial charge < -0.3 is 14.2 Å². The Balaban J connectivity index is 4.13. The van der Waals surface area contributed by atoms with Crippen LogP contribution >= 0.6 is 0 Å². The third-order valence-corrected chi connectivity index (χ3v) is 12.1. The molecule has 368 valence electrons. The van der Waals surface area contributed by atoms with E-state index in [-0.39, 0.29) is 31.1 Å². The number of rotatable bonds is 50. The second-order valence-corrected chi connectivity index (χ2v) is 18.5. The molecule has 0 aromatic heterocycles. The SMILES string of the molecule is CCCCCCC/C=C\C/C=C\C/C=C\CCCCCCCCCCCCC(=O)OCC(COC(=O)CCCCCCCCC)OC(=O)CCCCCCCCCCCCCCC. The lowest BCUT2D eigenvalue weighted by molar-refractivity contribution is -0.167. The Kier molecular flexibility index (Phi) is 50.3. The zero-order chi connectivity index (χ0) is 45.8. The molecule has 0 saturated heterocycles. The van der Waals surface area contributed by atoms with Crippen LogP contribution in [0.25, 0.3) is 0 Å². The zero-order valence-electron chi connectivity index (χ0n) is 42.1. The van der Waals surface area contributed by atoms with Gasteiger partial charge in [-0.2, -0.15) is 0 Å². The summed E-state index contributed by atoms with van der Waals surface area (Å²) in [4.78, 5) is 37.8. The van der Waals surface area contributed by atoms with Crippen LogP contribution in [-0.2, 0) is 28.6 Å². The number of esters is 3. The minimum Gasteiger partial charge on any atom is -0.462 e. The molecule has 0 aliphatic heterocycles. The smallest absolute Gasteiger partial charge is 0.306 e. The number of carbonyl (C=O) groups is 3. The van der Waals surface area contributed by atoms with Crippen molar-refractivity contribution in [2.24, 2.45) is 0 Å². The average molecular weight is 885 g/mol. The Hall–Kier alpha value is -2.37. The second kappa shape index (κ2) is 52.3. The molecule has 0 saturated carbocycles. The van der Waals surface area contributed by atoms with Crippen molar-refractivity contribution in [3.8, 4) is 0 Å². The first-order valence-electron chi connectivity index (χ1n) is 27.5. The van der Waals surface area contributed by atoms with E-state index in [9.17, 15) is 14.4 Å². The van der Waals surface area contributed by atoms with Crippen LogP contribution in [0.1, 0.15) is 290 Å². The maximum absolute atomic E-state index is 12.7. The van der Waals surface area contributed by atoms with Crippen molar-refractivity contribution < 1.29 is 28.6 Å². The van der Waals surface area contributed by atoms with Crippen molar-refractivity contribution >= 4 is 17.9 Å². The third-order valence-electron chi connectivity index (χ3n) is 12.1. The Morgan fingerprint density at radius 2 is 0.571 bits per heavy atom. The Bertz CT molecular complexity index is 1060. The van der Waals surface area contributed by atoms with Crippen LogP contribution in [0.3, 0.4) is 0 Å². The molecule has 0 fully saturated rings. The summed E-state index contributed by atoms with van der Waals surface area (Å²) < 4.78 is 16.7. The van der Waals surface area contributed by atoms with E-state index in [1.807, 2.05) is 0 Å². The standard InChI is InChI=1S/C57H104O6/c1-4-7-10-13-16-18-20-22-23-24-25-26-27-28-29-30-31-32-33-35-36-38-41-44-47-50-56(59)62-53-54(52-61-55(58)49-46-43-40-15-12-9-6-3)63-57(60)51-48-45-42-39-37-34-21-19-17-14-11-8-5-2/h20,22,24-25,27-28,54H,4-19,21,23,26,29-53H2,1-3H3/b22-20-,25-24-,28-27-. The van der Waals surface area contributed by atoms with Gasteiger partial charge in [0.1, 0.15) is 13.2 Å². The van der Waals surface area contributed by atoms with Crippen LogP contribution in [0.5, 0.6) is 0 Å². The fourth-order valence-electron chi connectivity index (χ4n) is 7.98. The summed E-state index contributed by atoms with van der Waals surface area (Å²) in [6.45, 7) is 6.60. The Labute approximate surface area is 391 Å². The third kappa shape index (κ3) is 50.5. The molecule has 1 atom stereocenters. The van der Waals surface area contributed by atoms with Gasteiger partial charge in [-0.1, -0.05) is 250 Å². The lowest BCUT2D eigenvalue weighted by Crippen LogP contribution is -2.30. The monoisotopic (exact) mass is 885 g/mol. The molecule has 0 rings (SSSR count). The molecule has 0 aromatic carbocycles. The molecule has 0 spiro atoms. The predicted molar refractivity (Wildman–Crippen MR) is 270 cm³/mol. The first kappa shape index (κ1) is 60.6. The zero-order valence-corrected chi connectivity index (χ0v) is 42.1. The van der Waals surface area contributed by atoms with Gasteiger partial charge in [0.05, 0.1) is 0 Å². The van der Waals surface area contributed by atoms with Crippen molar-refractivity contribution in [2.45, 2.75) is 297 Å². The van der Waals surface area contributed by atoms with Crippen LogP contribution < -0.4 is 0 Å². The summed E-state index contributed by atoms with van der Waals surface area (Å²) in [5, 5.41) is 0. The molecule has 0 aromatic rings. The highest BCUT2D eigenvalue weighted by atomic mass is 16.6. The minimum atomic E-state index is -0.766. The fourth-order valence-corrected chi connectivity index (χ4v) is 7.98. The van der Waals surface area contributed by atoms with E-state index in [0.717, 1.165) is 70.6 Å². The van der Waals surface area contributed by atoms with E-state index in [1.54, 1.807) is 0 Å². The van der Waals surface area contributed by atoms with Gasteiger partial charge in [-0.05, 0) is 57.8 Å². The first-order chi connectivity index (χ1) is 31.0. The van der Waals surface area contributed by atoms with E-state index >= 15 is 0 Å². The molecule has 0 N–H and O–H groups in total. The number of hydrogen-bond donors (Lipinski definition) is 0. The molecule has 63 heavy (non-hydrogen) atoms. The highest BCUT2D eigenvalue weighted by Gasteiger charge is 2.19. The van der Waals surface area contributed by atoms with E-state index in [4.69, 9.17) is 14.2 Å². The van der Waals surface area contributed by atoms with Crippen LogP contribution in [0.2, 0.25) is 0 Å². The van der Waals surface area contributed by atoms with Gasteiger partial charge in [0.2, 0.25) is 0 Å². The van der Waals surface area contributed by atoms with Crippen molar-refractivity contribution in [3.63, 3.8) is 0 Å². The van der Waals surface area contributed by atoms with E-state index in [2.05, 4.69) is 57.2 Å². The number of hydrogen-bond acceptors (Lipinski definition) is 6. The van der Waals surface area contributed by atoms with Gasteiger partial charge >= 0.3 is 17.9 Å². The predicted octanol–water partition coefficient (Wildman–Crippen LogP) is 18.1. The fraction of sp³-hybridized carbons (Fsp3) is 0.842. The number of carbonyl (C=O) groups excluding carboxylic acids is 3. The molecular weight excluding hydrogens is 781 g/mol. The topological polar surface area (TPSA) is 78.9 Å². The molecule has 0 bridgehead atoms. The van der Waals surface area contributed by atoms with E-state index < -0.39 is 6.10 Å². The summed E-state index contributed by atoms with van der Waals surface area (Å²) in [6.07, 6.45) is 61.5. The number of allylic oxidation sites excluding steroid dienone is 6. The van der Waals surface area contributed by atoms with Gasteiger partial charge in [0.25, 0.3) is 0 Å². The summed E-state index contributed by atoms with van der Waals surface area (Å²) in [6, 6.07) is 0. The Morgan fingerprint density at radius 3 is 0.889 bits per heavy atom. The van der Waals surface area contributed by atoms with E-state index in [0.29, 0.717) is 19.3 Å². The van der Waals surface area contributed by atoms with Crippen molar-refractivity contribution in [2.75, 3.05) is 13.2 Å². The first-order valence-corrected chi connectivity index (χ1v) is 27.5. The molecule has 1 unspecified atom stereocenters. The number of unbranched alkanes of at least 4 members (excludes halogenated alkanes) is 33. The number of ether oxygens (including phenoxy) is 3. The lowest BCUT2D eigenvalue weighted by atomic mass is 10.0. The molecule has 6 heteroatoms. The average Bonchev–Trinajstić information content (AvgIpc) is 3.28. The summed E-state index contributed by atoms with van der Waals surface area (Å²) >= 11 is 0. The van der Waals surface area contributed by atoms with Gasteiger partial charge in [0, 0.05) is 19.3 Å². The van der Waals surface area contributed by atoms with Crippen LogP contribution in [-0.4, -0.2) is 37.2 Å². The highest BCUT2D eigenvalue weighted by molar-refractivity contribution is 5.71. The summed E-state index contributed by atoms with van der Waals surface area (Å²) in [7, 11) is 0. The van der Waals surface area contributed by atoms with Crippen LogP contribution in [0, 0.1) is 0 Å². The minimum absolute atomic E-state index is 0.0698. The quantitative estimate of drug-likeness (QED) is 0.0262. The van der Waals surface area contributed by atoms with Gasteiger partial charge in [-0.15, -0.1) is 0 Å². The Morgan fingerprint density at radius 1 is 0.317 bits per heavy atom. The van der Waals surface area contributed by atoms with Crippen LogP contribution in [0.15, 0.2) is 36.5 Å². The lowest BCUT2D eigenvalue weighted by Gasteiger charge is -2.18. The molecule has 0 aliphatic rings. The van der Waals surface area contributed by atoms with Gasteiger partial charge in [-0.3, -0.25) is 14.4 Å². The molecular formula is C57H104O6. The summed E-state index contributed by atoms with van der Waals surface area (Å²) in [5.74, 6) is -0.868. The van der Waals surface area contributed by atoms with Crippen molar-refractivity contribution in [1.29, 1.82) is 0 Å². The van der Waals surface area contributed by atoms with E-state index in [1.165, 1.54) is 180 Å². The van der Waals surface area contributed by atoms with Gasteiger partial charge in [0.15, 0.2) is 6.10 Å². The molecule has 6 nitrogen and oxygen atoms in total. The van der Waals surface area contributed by atoms with Gasteiger partial charge in [-0.25, -0.2) is 0 Å². The van der Waals surface area contributed by atoms with Crippen LogP contribution in [0.4, 0.5) is 0 Å². The highest BCUT2D eigenvalue weighted by Crippen LogP contribution is 2.16. The van der Waals surface area contributed by atoms with Crippen molar-refractivity contribution in [3.05, 3.63) is 36.5 Å².